The summed E-state index contributed by atoms with van der Waals surface area (Å²) in [6.07, 6.45) is 4.22. The van der Waals surface area contributed by atoms with Crippen LogP contribution in [0.4, 0.5) is 0 Å². The fourth-order valence-corrected chi connectivity index (χ4v) is 6.38. The van der Waals surface area contributed by atoms with E-state index in [0.717, 1.165) is 25.7 Å². The van der Waals surface area contributed by atoms with E-state index in [4.69, 9.17) is 14.2 Å². The Morgan fingerprint density at radius 3 is 2.63 bits per heavy atom. The Morgan fingerprint density at radius 1 is 1.10 bits per heavy atom. The summed E-state index contributed by atoms with van der Waals surface area (Å²) in [5, 5.41) is 0. The van der Waals surface area contributed by atoms with Crippen molar-refractivity contribution >= 4 is 17.5 Å². The van der Waals surface area contributed by atoms with Crippen molar-refractivity contribution in [2.45, 2.75) is 81.2 Å². The molecule has 160 valence electrons. The highest BCUT2D eigenvalue weighted by molar-refractivity contribution is 6.10. The molecule has 2 aliphatic carbocycles. The lowest BCUT2D eigenvalue weighted by atomic mass is 9.67. The Labute approximate surface area is 176 Å². The lowest BCUT2D eigenvalue weighted by Gasteiger charge is -2.46. The average molecular weight is 412 g/mol. The van der Waals surface area contributed by atoms with Crippen LogP contribution in [0.3, 0.4) is 0 Å². The average Bonchev–Trinajstić information content (AvgIpc) is 3.26. The molecule has 2 aliphatic heterocycles. The van der Waals surface area contributed by atoms with Crippen molar-refractivity contribution in [3.63, 3.8) is 0 Å². The van der Waals surface area contributed by atoms with Crippen LogP contribution in [0.1, 0.15) is 70.0 Å². The zero-order valence-corrected chi connectivity index (χ0v) is 17.4. The summed E-state index contributed by atoms with van der Waals surface area (Å²) in [4.78, 5) is 40.3. The van der Waals surface area contributed by atoms with Gasteiger partial charge in [0.15, 0.2) is 11.6 Å². The van der Waals surface area contributed by atoms with E-state index in [2.05, 4.69) is 0 Å². The highest BCUT2D eigenvalue weighted by Gasteiger charge is 2.75. The van der Waals surface area contributed by atoms with Crippen LogP contribution in [0.25, 0.3) is 0 Å². The number of hydrogen-bond acceptors (Lipinski definition) is 6. The summed E-state index contributed by atoms with van der Waals surface area (Å²) in [5.74, 6) is -1.12. The highest BCUT2D eigenvalue weighted by atomic mass is 16.6. The summed E-state index contributed by atoms with van der Waals surface area (Å²) in [6.45, 7) is 1.85. The molecular formula is C24H28O6. The van der Waals surface area contributed by atoms with Gasteiger partial charge in [-0.2, -0.15) is 0 Å². The summed E-state index contributed by atoms with van der Waals surface area (Å²) >= 11 is 0. The summed E-state index contributed by atoms with van der Waals surface area (Å²) in [7, 11) is 0. The number of carbonyl (C=O) groups is 3. The van der Waals surface area contributed by atoms with Gasteiger partial charge in [-0.05, 0) is 44.6 Å². The molecule has 0 N–H and O–H groups in total. The van der Waals surface area contributed by atoms with Gasteiger partial charge in [-0.25, -0.2) is 4.79 Å². The molecule has 5 atom stereocenters. The molecule has 2 bridgehead atoms. The van der Waals surface area contributed by atoms with Crippen LogP contribution in [0.15, 0.2) is 30.3 Å². The van der Waals surface area contributed by atoms with Gasteiger partial charge in [0.2, 0.25) is 0 Å². The molecule has 2 heterocycles. The van der Waals surface area contributed by atoms with Crippen molar-refractivity contribution in [2.24, 2.45) is 5.92 Å². The molecule has 6 nitrogen and oxygen atoms in total. The van der Waals surface area contributed by atoms with Gasteiger partial charge in [0.25, 0.3) is 5.60 Å². The van der Waals surface area contributed by atoms with Gasteiger partial charge >= 0.3 is 5.97 Å². The fourth-order valence-electron chi connectivity index (χ4n) is 6.38. The lowest BCUT2D eigenvalue weighted by Crippen LogP contribution is -2.57. The molecule has 1 aromatic carbocycles. The van der Waals surface area contributed by atoms with E-state index >= 15 is 0 Å². The molecule has 1 aromatic rings. The zero-order chi connectivity index (χ0) is 21.0. The molecule has 0 amide bonds. The van der Waals surface area contributed by atoms with Gasteiger partial charge in [-0.15, -0.1) is 0 Å². The van der Waals surface area contributed by atoms with Crippen molar-refractivity contribution < 1.29 is 28.6 Å². The topological polar surface area (TPSA) is 78.9 Å². The molecule has 0 unspecified atom stereocenters. The maximum atomic E-state index is 13.5. The van der Waals surface area contributed by atoms with E-state index in [1.807, 2.05) is 30.3 Å². The van der Waals surface area contributed by atoms with Crippen LogP contribution in [0.2, 0.25) is 0 Å². The molecule has 2 spiro atoms. The van der Waals surface area contributed by atoms with Crippen LogP contribution in [-0.2, 0) is 28.6 Å². The quantitative estimate of drug-likeness (QED) is 0.559. The summed E-state index contributed by atoms with van der Waals surface area (Å²) < 4.78 is 18.7. The number of fused-ring (bicyclic) bond motifs is 2. The summed E-state index contributed by atoms with van der Waals surface area (Å²) in [5.41, 5.74) is -3.04. The van der Waals surface area contributed by atoms with E-state index < -0.39 is 28.9 Å². The molecular weight excluding hydrogens is 384 g/mol. The number of Topliss-reactive ketones (excluding diaryl/α,β-unsaturated/α-hetero) is 2. The maximum absolute atomic E-state index is 13.5. The van der Waals surface area contributed by atoms with Gasteiger partial charge in [0.1, 0.15) is 11.7 Å². The third-order valence-electron chi connectivity index (χ3n) is 7.58. The number of esters is 1. The first-order valence-electron chi connectivity index (χ1n) is 11.2. The van der Waals surface area contributed by atoms with Gasteiger partial charge in [-0.3, -0.25) is 9.59 Å². The first-order chi connectivity index (χ1) is 14.5. The fraction of sp³-hybridized carbons (Fsp3) is 0.625. The maximum Gasteiger partial charge on any atom is 0.349 e. The predicted molar refractivity (Wildman–Crippen MR) is 107 cm³/mol. The van der Waals surface area contributed by atoms with Gasteiger partial charge in [0.05, 0.1) is 12.2 Å². The Bertz CT molecular complexity index is 881. The molecule has 4 aliphatic rings. The van der Waals surface area contributed by atoms with Crippen molar-refractivity contribution in [3.8, 4) is 0 Å². The van der Waals surface area contributed by atoms with Crippen LogP contribution in [0.5, 0.6) is 0 Å². The number of ether oxygens (including phenoxy) is 3. The smallest absolute Gasteiger partial charge is 0.349 e. The van der Waals surface area contributed by atoms with Crippen molar-refractivity contribution in [1.82, 2.24) is 0 Å². The highest BCUT2D eigenvalue weighted by Crippen LogP contribution is 2.62. The van der Waals surface area contributed by atoms with Crippen molar-refractivity contribution in [3.05, 3.63) is 35.9 Å². The first-order valence-corrected chi connectivity index (χ1v) is 11.2. The lowest BCUT2D eigenvalue weighted by molar-refractivity contribution is -0.202. The normalized spacial score (nSPS) is 40.3. The second-order valence-electron chi connectivity index (χ2n) is 9.10. The minimum Gasteiger partial charge on any atom is -0.463 e. The monoisotopic (exact) mass is 412 g/mol. The van der Waals surface area contributed by atoms with E-state index in [1.54, 1.807) is 6.92 Å². The van der Waals surface area contributed by atoms with E-state index in [0.29, 0.717) is 24.8 Å². The minimum atomic E-state index is -1.86. The zero-order valence-electron chi connectivity index (χ0n) is 17.4. The molecule has 2 saturated carbocycles. The molecule has 0 radical (unpaired) electrons. The molecule has 0 aromatic heterocycles. The molecule has 6 heteroatoms. The SMILES string of the molecule is CCOC(=O)[C@@]12O[C@]3(CCC[C@H]3[C@]3(CCCCC3=O)O[C@H]1c1ccccc1)CC2=O. The van der Waals surface area contributed by atoms with E-state index in [9.17, 15) is 14.4 Å². The van der Waals surface area contributed by atoms with E-state index in [1.165, 1.54) is 0 Å². The predicted octanol–water partition coefficient (Wildman–Crippen LogP) is 3.47. The largest absolute Gasteiger partial charge is 0.463 e. The van der Waals surface area contributed by atoms with Crippen LogP contribution < -0.4 is 0 Å². The Hall–Kier alpha value is -2.05. The minimum absolute atomic E-state index is 0.0866. The Balaban J connectivity index is 1.73. The van der Waals surface area contributed by atoms with Crippen LogP contribution >= 0.6 is 0 Å². The summed E-state index contributed by atoms with van der Waals surface area (Å²) in [6, 6.07) is 9.21. The first kappa shape index (κ1) is 19.9. The van der Waals surface area contributed by atoms with Gasteiger partial charge < -0.3 is 14.2 Å². The van der Waals surface area contributed by atoms with E-state index in [-0.39, 0.29) is 30.5 Å². The second-order valence-corrected chi connectivity index (χ2v) is 9.10. The number of rotatable bonds is 3. The number of benzene rings is 1. The Morgan fingerprint density at radius 2 is 1.90 bits per heavy atom. The third-order valence-corrected chi connectivity index (χ3v) is 7.58. The molecule has 5 rings (SSSR count). The van der Waals surface area contributed by atoms with Crippen LogP contribution in [0, 0.1) is 5.92 Å². The second kappa shape index (κ2) is 6.99. The molecule has 2 saturated heterocycles. The standard InChI is InChI=1S/C24H28O6/c1-2-28-21(27)24-19(26)15-22(30-24)13-8-11-17(22)23(14-7-6-12-18(23)25)29-20(24)16-9-4-3-5-10-16/h3-5,9-10,17,20H,2,6-8,11-15H2,1H3/t17-,20+,22-,23+,24+/m1/s1. The number of hydrogen-bond donors (Lipinski definition) is 0. The van der Waals surface area contributed by atoms with Crippen molar-refractivity contribution in [1.29, 1.82) is 0 Å². The Kier molecular flexibility index (Phi) is 4.63. The third kappa shape index (κ3) is 2.53. The number of ketones is 2. The van der Waals surface area contributed by atoms with Gasteiger partial charge in [-0.1, -0.05) is 36.8 Å². The number of carbonyl (C=O) groups excluding carboxylic acids is 3. The molecule has 4 fully saturated rings. The molecule has 30 heavy (non-hydrogen) atoms. The van der Waals surface area contributed by atoms with Gasteiger partial charge in [0, 0.05) is 18.8 Å². The van der Waals surface area contributed by atoms with Crippen LogP contribution in [-0.4, -0.2) is 40.9 Å². The van der Waals surface area contributed by atoms with Crippen molar-refractivity contribution in [2.75, 3.05) is 6.61 Å².